The summed E-state index contributed by atoms with van der Waals surface area (Å²) in [5.41, 5.74) is 3.51. The van der Waals surface area contributed by atoms with Crippen molar-refractivity contribution in [1.82, 2.24) is 14.9 Å². The van der Waals surface area contributed by atoms with Crippen molar-refractivity contribution in [2.75, 3.05) is 37.7 Å². The summed E-state index contributed by atoms with van der Waals surface area (Å²) < 4.78 is 11.8. The molecule has 5 rings (SSSR count). The molecule has 1 aromatic heterocycles. The van der Waals surface area contributed by atoms with Gasteiger partial charge in [-0.2, -0.15) is 4.98 Å². The largest absolute Gasteiger partial charge is 0.439 e. The number of anilines is 1. The van der Waals surface area contributed by atoms with Gasteiger partial charge >= 0.3 is 0 Å². The fourth-order valence-electron chi connectivity index (χ4n) is 3.99. The molecule has 6 heteroatoms. The lowest BCUT2D eigenvalue weighted by Gasteiger charge is -2.31. The summed E-state index contributed by atoms with van der Waals surface area (Å²) >= 11 is 0. The van der Waals surface area contributed by atoms with Crippen LogP contribution in [0.15, 0.2) is 60.7 Å². The van der Waals surface area contributed by atoms with Gasteiger partial charge in [-0.3, -0.25) is 4.90 Å². The molecule has 1 saturated heterocycles. The number of para-hydroxylation sites is 1. The summed E-state index contributed by atoms with van der Waals surface area (Å²) in [6, 6.07) is 20.5. The van der Waals surface area contributed by atoms with Gasteiger partial charge < -0.3 is 14.4 Å². The summed E-state index contributed by atoms with van der Waals surface area (Å²) in [5, 5.41) is 0. The summed E-state index contributed by atoms with van der Waals surface area (Å²) in [7, 11) is 0. The molecule has 0 aliphatic carbocycles. The molecule has 0 spiro atoms. The van der Waals surface area contributed by atoms with Crippen molar-refractivity contribution in [2.24, 2.45) is 0 Å². The molecule has 0 unspecified atom stereocenters. The zero-order chi connectivity index (χ0) is 20.2. The zero-order valence-corrected chi connectivity index (χ0v) is 17.0. The summed E-state index contributed by atoms with van der Waals surface area (Å²) in [4.78, 5) is 14.4. The Morgan fingerprint density at radius 2 is 1.60 bits per heavy atom. The van der Waals surface area contributed by atoms with Gasteiger partial charge in [0.25, 0.3) is 0 Å². The summed E-state index contributed by atoms with van der Waals surface area (Å²) in [6.07, 6.45) is 0.896. The lowest BCUT2D eigenvalue weighted by atomic mass is 10.1. The van der Waals surface area contributed by atoms with Crippen LogP contribution >= 0.6 is 0 Å². The van der Waals surface area contributed by atoms with Crippen molar-refractivity contribution < 1.29 is 9.47 Å². The van der Waals surface area contributed by atoms with Crippen LogP contribution in [0.1, 0.15) is 16.8 Å². The Labute approximate surface area is 177 Å². The fourth-order valence-corrected chi connectivity index (χ4v) is 3.99. The van der Waals surface area contributed by atoms with E-state index >= 15 is 0 Å². The van der Waals surface area contributed by atoms with E-state index in [9.17, 15) is 0 Å². The Bertz CT molecular complexity index is 975. The predicted molar refractivity (Wildman–Crippen MR) is 116 cm³/mol. The highest BCUT2D eigenvalue weighted by Crippen LogP contribution is 2.32. The number of hydrogen-bond donors (Lipinski definition) is 0. The van der Waals surface area contributed by atoms with Crippen molar-refractivity contribution in [3.63, 3.8) is 0 Å². The molecule has 0 amide bonds. The smallest absolute Gasteiger partial charge is 0.229 e. The van der Waals surface area contributed by atoms with E-state index in [1.807, 2.05) is 30.3 Å². The Kier molecular flexibility index (Phi) is 5.59. The van der Waals surface area contributed by atoms with Gasteiger partial charge in [0.15, 0.2) is 0 Å². The van der Waals surface area contributed by atoms with Crippen LogP contribution in [-0.4, -0.2) is 47.7 Å². The number of morpholine rings is 1. The topological polar surface area (TPSA) is 50.7 Å². The van der Waals surface area contributed by atoms with E-state index in [1.165, 1.54) is 5.56 Å². The molecule has 154 valence electrons. The third-order valence-corrected chi connectivity index (χ3v) is 5.59. The molecule has 6 nitrogen and oxygen atoms in total. The third-order valence-electron chi connectivity index (χ3n) is 5.59. The number of rotatable bonds is 5. The maximum Gasteiger partial charge on any atom is 0.229 e. The molecule has 2 aromatic carbocycles. The van der Waals surface area contributed by atoms with Gasteiger partial charge in [0, 0.05) is 39.1 Å². The number of ether oxygens (including phenoxy) is 2. The Hall–Kier alpha value is -2.96. The van der Waals surface area contributed by atoms with Gasteiger partial charge in [0.2, 0.25) is 11.8 Å². The Balaban J connectivity index is 1.45. The molecule has 2 aliphatic heterocycles. The van der Waals surface area contributed by atoms with Gasteiger partial charge in [-0.1, -0.05) is 48.5 Å². The molecular weight excluding hydrogens is 376 g/mol. The Morgan fingerprint density at radius 1 is 0.867 bits per heavy atom. The van der Waals surface area contributed by atoms with E-state index in [4.69, 9.17) is 19.4 Å². The van der Waals surface area contributed by atoms with Crippen molar-refractivity contribution in [2.45, 2.75) is 19.5 Å². The molecule has 2 aliphatic rings. The molecule has 3 aromatic rings. The van der Waals surface area contributed by atoms with Crippen LogP contribution in [0.3, 0.4) is 0 Å². The number of aromatic nitrogens is 2. The number of fused-ring (bicyclic) bond motifs is 1. The first kappa shape index (κ1) is 19.0. The minimum atomic E-state index is 0.672. The van der Waals surface area contributed by atoms with E-state index < -0.39 is 0 Å². The quantitative estimate of drug-likeness (QED) is 0.649. The van der Waals surface area contributed by atoms with E-state index in [2.05, 4.69) is 40.1 Å². The normalized spacial score (nSPS) is 16.9. The standard InChI is InChI=1S/C24H26N4O2/c1-3-7-19(8-4-1)17-27-12-11-22-21(18-27)23(30-20-9-5-2-6-10-20)26-24(25-22)28-13-15-29-16-14-28/h1-10H,11-18H2. The molecule has 0 bridgehead atoms. The first-order chi connectivity index (χ1) is 14.8. The minimum absolute atomic E-state index is 0.672. The predicted octanol–water partition coefficient (Wildman–Crippen LogP) is 3.66. The van der Waals surface area contributed by atoms with Crippen LogP contribution in [0.25, 0.3) is 0 Å². The minimum Gasteiger partial charge on any atom is -0.439 e. The second kappa shape index (κ2) is 8.81. The molecule has 30 heavy (non-hydrogen) atoms. The molecular formula is C24H26N4O2. The molecule has 3 heterocycles. The SMILES string of the molecule is c1ccc(CN2CCc3nc(N4CCOCC4)nc(Oc4ccccc4)c3C2)cc1. The van der Waals surface area contributed by atoms with E-state index in [1.54, 1.807) is 0 Å². The zero-order valence-electron chi connectivity index (χ0n) is 17.0. The number of benzene rings is 2. The molecule has 0 radical (unpaired) electrons. The second-order valence-electron chi connectivity index (χ2n) is 7.71. The maximum absolute atomic E-state index is 6.27. The van der Waals surface area contributed by atoms with Crippen molar-refractivity contribution in [3.8, 4) is 11.6 Å². The highest BCUT2D eigenvalue weighted by Gasteiger charge is 2.26. The van der Waals surface area contributed by atoms with Crippen molar-refractivity contribution in [3.05, 3.63) is 77.5 Å². The van der Waals surface area contributed by atoms with Crippen LogP contribution in [0.2, 0.25) is 0 Å². The maximum atomic E-state index is 6.27. The monoisotopic (exact) mass is 402 g/mol. The van der Waals surface area contributed by atoms with Crippen LogP contribution < -0.4 is 9.64 Å². The van der Waals surface area contributed by atoms with E-state index in [0.717, 1.165) is 62.1 Å². The van der Waals surface area contributed by atoms with Gasteiger partial charge in [0.1, 0.15) is 5.75 Å². The van der Waals surface area contributed by atoms with Crippen molar-refractivity contribution in [1.29, 1.82) is 0 Å². The van der Waals surface area contributed by atoms with Gasteiger partial charge in [-0.05, 0) is 17.7 Å². The molecule has 1 fully saturated rings. The highest BCUT2D eigenvalue weighted by atomic mass is 16.5. The summed E-state index contributed by atoms with van der Waals surface area (Å²) in [5.74, 6) is 2.22. The lowest BCUT2D eigenvalue weighted by Crippen LogP contribution is -2.38. The van der Waals surface area contributed by atoms with E-state index in [-0.39, 0.29) is 0 Å². The average molecular weight is 402 g/mol. The van der Waals surface area contributed by atoms with Crippen LogP contribution in [0.4, 0.5) is 5.95 Å². The lowest BCUT2D eigenvalue weighted by molar-refractivity contribution is 0.122. The summed E-state index contributed by atoms with van der Waals surface area (Å²) in [6.45, 7) is 5.71. The second-order valence-corrected chi connectivity index (χ2v) is 7.71. The molecule has 0 saturated carbocycles. The fraction of sp³-hybridized carbons (Fsp3) is 0.333. The van der Waals surface area contributed by atoms with Crippen LogP contribution in [-0.2, 0) is 24.2 Å². The number of hydrogen-bond acceptors (Lipinski definition) is 6. The Morgan fingerprint density at radius 3 is 2.37 bits per heavy atom. The van der Waals surface area contributed by atoms with Gasteiger partial charge in [-0.15, -0.1) is 0 Å². The van der Waals surface area contributed by atoms with Crippen LogP contribution in [0.5, 0.6) is 11.6 Å². The van der Waals surface area contributed by atoms with Gasteiger partial charge in [-0.25, -0.2) is 4.98 Å². The first-order valence-electron chi connectivity index (χ1n) is 10.6. The average Bonchev–Trinajstić information content (AvgIpc) is 2.81. The number of nitrogens with zero attached hydrogens (tertiary/aromatic N) is 4. The molecule has 0 atom stereocenters. The van der Waals surface area contributed by atoms with Gasteiger partial charge in [0.05, 0.1) is 24.5 Å². The third kappa shape index (κ3) is 4.30. The molecule has 0 N–H and O–H groups in total. The van der Waals surface area contributed by atoms with Crippen LogP contribution in [0, 0.1) is 0 Å². The van der Waals surface area contributed by atoms with E-state index in [0.29, 0.717) is 19.1 Å². The highest BCUT2D eigenvalue weighted by molar-refractivity contribution is 5.43. The first-order valence-corrected chi connectivity index (χ1v) is 10.6. The van der Waals surface area contributed by atoms with Crippen molar-refractivity contribution >= 4 is 5.95 Å².